The molecule has 0 aromatic carbocycles. The molecule has 3 heterocycles. The Morgan fingerprint density at radius 1 is 1.50 bits per heavy atom. The van der Waals surface area contributed by atoms with Crippen LogP contribution in [0, 0.1) is 18.3 Å². The molecule has 0 spiro atoms. The number of fused-ring (bicyclic) bond motifs is 1. The van der Waals surface area contributed by atoms with Crippen LogP contribution in [0.2, 0.25) is 0 Å². The van der Waals surface area contributed by atoms with Crippen molar-refractivity contribution in [2.45, 2.75) is 19.9 Å². The van der Waals surface area contributed by atoms with Crippen LogP contribution in [-0.2, 0) is 13.0 Å². The minimum atomic E-state index is -0.105. The molecule has 6 heteroatoms. The van der Waals surface area contributed by atoms with E-state index < -0.39 is 0 Å². The standard InChI is InChI=1S/C14H13N5O/c1-9-17-12-4-6-19(8-11(12)14(20)18-9)13-10(7-15)3-2-5-16-13/h2-3,5H,4,6,8H2,1H3,(H,17,18,20). The number of anilines is 1. The van der Waals surface area contributed by atoms with Gasteiger partial charge in [0, 0.05) is 19.2 Å². The lowest BCUT2D eigenvalue weighted by Gasteiger charge is -2.29. The van der Waals surface area contributed by atoms with Crippen LogP contribution in [0.3, 0.4) is 0 Å². The van der Waals surface area contributed by atoms with Gasteiger partial charge in [0.1, 0.15) is 17.7 Å². The van der Waals surface area contributed by atoms with Gasteiger partial charge >= 0.3 is 0 Å². The van der Waals surface area contributed by atoms with E-state index in [1.807, 2.05) is 4.90 Å². The summed E-state index contributed by atoms with van der Waals surface area (Å²) in [4.78, 5) is 25.3. The van der Waals surface area contributed by atoms with E-state index in [1.165, 1.54) is 0 Å². The van der Waals surface area contributed by atoms with Crippen molar-refractivity contribution in [2.24, 2.45) is 0 Å². The van der Waals surface area contributed by atoms with Crippen molar-refractivity contribution < 1.29 is 0 Å². The summed E-state index contributed by atoms with van der Waals surface area (Å²) < 4.78 is 0. The third-order valence-corrected chi connectivity index (χ3v) is 3.39. The molecule has 0 radical (unpaired) electrons. The predicted octanol–water partition coefficient (Wildman–Crippen LogP) is 0.908. The second-order valence-electron chi connectivity index (χ2n) is 4.73. The summed E-state index contributed by atoms with van der Waals surface area (Å²) in [7, 11) is 0. The maximum atomic E-state index is 12.0. The second-order valence-corrected chi connectivity index (χ2v) is 4.73. The molecule has 1 aliphatic heterocycles. The molecule has 3 rings (SSSR count). The highest BCUT2D eigenvalue weighted by Gasteiger charge is 2.23. The number of nitrogens with one attached hydrogen (secondary N) is 1. The van der Waals surface area contributed by atoms with E-state index in [4.69, 9.17) is 5.26 Å². The SMILES string of the molecule is Cc1nc2c(c(=O)[nH]1)CN(c1ncccc1C#N)CC2. The van der Waals surface area contributed by atoms with Crippen LogP contribution in [0.25, 0.3) is 0 Å². The Labute approximate surface area is 115 Å². The van der Waals surface area contributed by atoms with Gasteiger partial charge in [0.25, 0.3) is 5.56 Å². The molecule has 1 aliphatic rings. The van der Waals surface area contributed by atoms with Crippen molar-refractivity contribution in [3.05, 3.63) is 51.3 Å². The molecule has 0 fully saturated rings. The first kappa shape index (κ1) is 12.4. The summed E-state index contributed by atoms with van der Waals surface area (Å²) >= 11 is 0. The highest BCUT2D eigenvalue weighted by atomic mass is 16.1. The lowest BCUT2D eigenvalue weighted by molar-refractivity contribution is 0.683. The van der Waals surface area contributed by atoms with E-state index in [-0.39, 0.29) is 5.56 Å². The first-order chi connectivity index (χ1) is 9.69. The Balaban J connectivity index is 2.01. The van der Waals surface area contributed by atoms with E-state index in [9.17, 15) is 4.79 Å². The predicted molar refractivity (Wildman–Crippen MR) is 73.3 cm³/mol. The topological polar surface area (TPSA) is 85.7 Å². The maximum absolute atomic E-state index is 12.0. The average molecular weight is 267 g/mol. The van der Waals surface area contributed by atoms with E-state index in [2.05, 4.69) is 21.0 Å². The third-order valence-electron chi connectivity index (χ3n) is 3.39. The van der Waals surface area contributed by atoms with Crippen molar-refractivity contribution in [2.75, 3.05) is 11.4 Å². The molecule has 100 valence electrons. The Morgan fingerprint density at radius 2 is 2.35 bits per heavy atom. The van der Waals surface area contributed by atoms with Crippen molar-refractivity contribution in [1.29, 1.82) is 5.26 Å². The number of H-pyrrole nitrogens is 1. The van der Waals surface area contributed by atoms with Gasteiger partial charge in [-0.15, -0.1) is 0 Å². The fourth-order valence-electron chi connectivity index (χ4n) is 2.47. The Morgan fingerprint density at radius 3 is 3.15 bits per heavy atom. The second kappa shape index (κ2) is 4.78. The largest absolute Gasteiger partial charge is 0.351 e. The average Bonchev–Trinajstić information content (AvgIpc) is 2.47. The van der Waals surface area contributed by atoms with Gasteiger partial charge in [0.2, 0.25) is 0 Å². The summed E-state index contributed by atoms with van der Waals surface area (Å²) in [6.07, 6.45) is 2.34. The number of hydrogen-bond donors (Lipinski definition) is 1. The smallest absolute Gasteiger partial charge is 0.256 e. The molecular formula is C14H13N5O. The highest BCUT2D eigenvalue weighted by molar-refractivity contribution is 5.54. The summed E-state index contributed by atoms with van der Waals surface area (Å²) in [5.41, 5.74) is 1.92. The number of hydrogen-bond acceptors (Lipinski definition) is 5. The lowest BCUT2D eigenvalue weighted by Crippen LogP contribution is -2.36. The van der Waals surface area contributed by atoms with Crippen LogP contribution >= 0.6 is 0 Å². The lowest BCUT2D eigenvalue weighted by atomic mass is 10.1. The quantitative estimate of drug-likeness (QED) is 0.830. The zero-order valence-electron chi connectivity index (χ0n) is 11.1. The molecule has 1 N–H and O–H groups in total. The molecule has 0 saturated carbocycles. The summed E-state index contributed by atoms with van der Waals surface area (Å²) in [5.74, 6) is 1.26. The maximum Gasteiger partial charge on any atom is 0.256 e. The van der Waals surface area contributed by atoms with Gasteiger partial charge in [-0.1, -0.05) is 0 Å². The van der Waals surface area contributed by atoms with Crippen LogP contribution in [0.4, 0.5) is 5.82 Å². The normalized spacial score (nSPS) is 13.7. The molecule has 0 bridgehead atoms. The van der Waals surface area contributed by atoms with Crippen molar-refractivity contribution in [3.63, 3.8) is 0 Å². The van der Waals surface area contributed by atoms with E-state index in [0.29, 0.717) is 42.3 Å². The van der Waals surface area contributed by atoms with Crippen molar-refractivity contribution in [3.8, 4) is 6.07 Å². The van der Waals surface area contributed by atoms with Gasteiger partial charge in [0.15, 0.2) is 0 Å². The minimum absolute atomic E-state index is 0.105. The summed E-state index contributed by atoms with van der Waals surface area (Å²) in [6.45, 7) is 2.92. The first-order valence-corrected chi connectivity index (χ1v) is 6.38. The van der Waals surface area contributed by atoms with Gasteiger partial charge in [-0.3, -0.25) is 4.79 Å². The van der Waals surface area contributed by atoms with Gasteiger partial charge in [0.05, 0.1) is 23.4 Å². The Kier molecular flexibility index (Phi) is 2.95. The number of rotatable bonds is 1. The molecule has 6 nitrogen and oxygen atoms in total. The zero-order valence-corrected chi connectivity index (χ0v) is 11.1. The Bertz CT molecular complexity index is 759. The molecule has 0 amide bonds. The number of aromatic amines is 1. The van der Waals surface area contributed by atoms with Crippen LogP contribution < -0.4 is 10.5 Å². The number of nitriles is 1. The first-order valence-electron chi connectivity index (χ1n) is 6.38. The molecule has 0 atom stereocenters. The van der Waals surface area contributed by atoms with E-state index in [0.717, 1.165) is 5.69 Å². The van der Waals surface area contributed by atoms with Crippen LogP contribution in [-0.4, -0.2) is 21.5 Å². The third kappa shape index (κ3) is 2.03. The van der Waals surface area contributed by atoms with Gasteiger partial charge in [-0.2, -0.15) is 5.26 Å². The molecule has 0 saturated heterocycles. The molecule has 20 heavy (non-hydrogen) atoms. The van der Waals surface area contributed by atoms with Crippen LogP contribution in [0.5, 0.6) is 0 Å². The number of pyridine rings is 1. The van der Waals surface area contributed by atoms with Crippen LogP contribution in [0.1, 0.15) is 22.6 Å². The minimum Gasteiger partial charge on any atom is -0.351 e. The molecule has 0 aliphatic carbocycles. The molecule has 2 aromatic heterocycles. The molecule has 0 unspecified atom stereocenters. The Hall–Kier alpha value is -2.68. The number of aromatic nitrogens is 3. The number of aryl methyl sites for hydroxylation is 1. The van der Waals surface area contributed by atoms with E-state index >= 15 is 0 Å². The fourth-order valence-corrected chi connectivity index (χ4v) is 2.47. The van der Waals surface area contributed by atoms with Crippen LogP contribution in [0.15, 0.2) is 23.1 Å². The summed E-state index contributed by atoms with van der Waals surface area (Å²) in [5, 5.41) is 9.14. The molecular weight excluding hydrogens is 254 g/mol. The van der Waals surface area contributed by atoms with E-state index in [1.54, 1.807) is 25.3 Å². The van der Waals surface area contributed by atoms with Gasteiger partial charge < -0.3 is 9.88 Å². The fraction of sp³-hybridized carbons (Fsp3) is 0.286. The highest BCUT2D eigenvalue weighted by Crippen LogP contribution is 2.22. The molecule has 2 aromatic rings. The van der Waals surface area contributed by atoms with Gasteiger partial charge in [-0.25, -0.2) is 9.97 Å². The van der Waals surface area contributed by atoms with Crippen molar-refractivity contribution >= 4 is 5.82 Å². The zero-order chi connectivity index (χ0) is 14.1. The monoisotopic (exact) mass is 267 g/mol. The van der Waals surface area contributed by atoms with Crippen molar-refractivity contribution in [1.82, 2.24) is 15.0 Å². The van der Waals surface area contributed by atoms with Gasteiger partial charge in [-0.05, 0) is 19.1 Å². The number of nitrogens with zero attached hydrogens (tertiary/aromatic N) is 4. The summed E-state index contributed by atoms with van der Waals surface area (Å²) in [6, 6.07) is 5.60.